The van der Waals surface area contributed by atoms with E-state index in [9.17, 15) is 8.42 Å². The lowest BCUT2D eigenvalue weighted by Gasteiger charge is -1.98. The lowest BCUT2D eigenvalue weighted by molar-refractivity contribution is 0.484. The Morgan fingerprint density at radius 3 is 2.60 bits per heavy atom. The molecule has 0 aliphatic rings. The second-order valence-electron chi connectivity index (χ2n) is 2.69. The minimum Gasteiger partial charge on any atom is -0.282 e. The first-order valence-corrected chi connectivity index (χ1v) is 6.62. The summed E-state index contributed by atoms with van der Waals surface area (Å²) in [6.45, 7) is 0. The molecule has 80 valence electrons. The fourth-order valence-corrected chi connectivity index (χ4v) is 3.31. The molecule has 0 unspecified atom stereocenters. The van der Waals surface area contributed by atoms with Gasteiger partial charge in [-0.05, 0) is 12.1 Å². The Kier molecular flexibility index (Phi) is 2.64. The molecule has 15 heavy (non-hydrogen) atoms. The van der Waals surface area contributed by atoms with Crippen LogP contribution in [0.4, 0.5) is 0 Å². The van der Waals surface area contributed by atoms with Gasteiger partial charge in [-0.25, -0.2) is 4.98 Å². The van der Waals surface area contributed by atoms with Crippen molar-refractivity contribution in [2.75, 3.05) is 0 Å². The third-order valence-corrected chi connectivity index (χ3v) is 3.87. The number of thiazole rings is 1. The predicted molar refractivity (Wildman–Crippen MR) is 59.5 cm³/mol. The zero-order valence-corrected chi connectivity index (χ0v) is 10.1. The Labute approximate surface area is 99.2 Å². The third-order valence-electron chi connectivity index (χ3n) is 1.68. The van der Waals surface area contributed by atoms with Crippen LogP contribution in [0.3, 0.4) is 0 Å². The molecule has 1 N–H and O–H groups in total. The summed E-state index contributed by atoms with van der Waals surface area (Å²) >= 11 is 12.4. The summed E-state index contributed by atoms with van der Waals surface area (Å²) in [4.78, 5) is 3.48. The van der Waals surface area contributed by atoms with E-state index in [1.807, 2.05) is 0 Å². The van der Waals surface area contributed by atoms with Crippen LogP contribution < -0.4 is 0 Å². The van der Waals surface area contributed by atoms with Gasteiger partial charge in [-0.1, -0.05) is 23.2 Å². The summed E-state index contributed by atoms with van der Waals surface area (Å²) in [6, 6.07) is 2.67. The molecular formula is C7H3Cl2NO3S2. The number of fused-ring (bicyclic) bond motifs is 1. The minimum atomic E-state index is -4.34. The Hall–Kier alpha value is -0.400. The van der Waals surface area contributed by atoms with E-state index in [1.54, 1.807) is 0 Å². The van der Waals surface area contributed by atoms with Crippen LogP contribution in [0.5, 0.6) is 0 Å². The molecule has 0 bridgehead atoms. The molecule has 0 aliphatic carbocycles. The van der Waals surface area contributed by atoms with Crippen LogP contribution >= 0.6 is 34.5 Å². The number of hydrogen-bond donors (Lipinski definition) is 1. The fraction of sp³-hybridized carbons (Fsp3) is 0. The van der Waals surface area contributed by atoms with Gasteiger partial charge in [0.1, 0.15) is 10.4 Å². The number of halogens is 2. The molecule has 0 aliphatic heterocycles. The quantitative estimate of drug-likeness (QED) is 0.818. The molecule has 0 spiro atoms. The third kappa shape index (κ3) is 2.09. The fourth-order valence-electron chi connectivity index (χ4n) is 1.14. The van der Waals surface area contributed by atoms with Crippen molar-refractivity contribution in [1.29, 1.82) is 0 Å². The largest absolute Gasteiger partial charge is 0.296 e. The average Bonchev–Trinajstić information content (AvgIpc) is 2.41. The van der Waals surface area contributed by atoms with Crippen LogP contribution in [0.1, 0.15) is 0 Å². The van der Waals surface area contributed by atoms with Crippen molar-refractivity contribution in [2.24, 2.45) is 0 Å². The van der Waals surface area contributed by atoms with Crippen molar-refractivity contribution in [2.45, 2.75) is 4.90 Å². The maximum atomic E-state index is 11.0. The van der Waals surface area contributed by atoms with Crippen LogP contribution in [0.25, 0.3) is 10.2 Å². The standard InChI is InChI=1S/C7H3Cl2NO3S2/c8-3-1-4-6(10-7(9)14-4)5(2-3)15(11,12)13/h1-2H,(H,11,12,13). The lowest BCUT2D eigenvalue weighted by atomic mass is 10.3. The van der Waals surface area contributed by atoms with Crippen LogP contribution in [0.15, 0.2) is 17.0 Å². The Bertz CT molecular complexity index is 635. The summed E-state index contributed by atoms with van der Waals surface area (Å²) in [5.41, 5.74) is 0.136. The highest BCUT2D eigenvalue weighted by Crippen LogP contribution is 2.32. The molecule has 4 nitrogen and oxygen atoms in total. The molecule has 0 atom stereocenters. The topological polar surface area (TPSA) is 67.3 Å². The number of nitrogens with zero attached hydrogens (tertiary/aromatic N) is 1. The smallest absolute Gasteiger partial charge is 0.282 e. The first kappa shape index (κ1) is 11.1. The second kappa shape index (κ2) is 3.57. The van der Waals surface area contributed by atoms with Gasteiger partial charge in [-0.2, -0.15) is 8.42 Å². The zero-order valence-electron chi connectivity index (χ0n) is 6.94. The maximum Gasteiger partial charge on any atom is 0.296 e. The normalized spacial score (nSPS) is 12.2. The molecule has 1 aromatic carbocycles. The molecule has 0 amide bonds. The van der Waals surface area contributed by atoms with Crippen molar-refractivity contribution in [3.8, 4) is 0 Å². The molecular weight excluding hydrogens is 281 g/mol. The average molecular weight is 284 g/mol. The SMILES string of the molecule is O=S(=O)(O)c1cc(Cl)cc2sc(Cl)nc12. The molecule has 1 heterocycles. The van der Waals surface area contributed by atoms with Gasteiger partial charge in [0, 0.05) is 5.02 Å². The Morgan fingerprint density at radius 2 is 2.00 bits per heavy atom. The van der Waals surface area contributed by atoms with Gasteiger partial charge in [-0.3, -0.25) is 4.55 Å². The van der Waals surface area contributed by atoms with Crippen molar-refractivity contribution < 1.29 is 13.0 Å². The van der Waals surface area contributed by atoms with Gasteiger partial charge in [0.15, 0.2) is 4.47 Å². The summed E-state index contributed by atoms with van der Waals surface area (Å²) in [5, 5.41) is 0.204. The van der Waals surface area contributed by atoms with Gasteiger partial charge in [0.2, 0.25) is 0 Å². The molecule has 2 rings (SSSR count). The van der Waals surface area contributed by atoms with E-state index in [0.717, 1.165) is 17.4 Å². The molecule has 8 heteroatoms. The van der Waals surface area contributed by atoms with Crippen LogP contribution in [0, 0.1) is 0 Å². The van der Waals surface area contributed by atoms with Crippen LogP contribution in [0.2, 0.25) is 9.49 Å². The van der Waals surface area contributed by atoms with Crippen molar-refractivity contribution in [1.82, 2.24) is 4.98 Å². The minimum absolute atomic E-state index is 0.136. The first-order valence-electron chi connectivity index (χ1n) is 3.61. The lowest BCUT2D eigenvalue weighted by Crippen LogP contribution is -1.98. The second-order valence-corrected chi connectivity index (χ2v) is 6.13. The highest BCUT2D eigenvalue weighted by Gasteiger charge is 2.18. The van der Waals surface area contributed by atoms with E-state index in [1.165, 1.54) is 6.07 Å². The van der Waals surface area contributed by atoms with E-state index in [2.05, 4.69) is 4.98 Å². The summed E-state index contributed by atoms with van der Waals surface area (Å²) in [5.74, 6) is 0. The van der Waals surface area contributed by atoms with Crippen molar-refractivity contribution in [3.05, 3.63) is 21.6 Å². The molecule has 0 saturated carbocycles. The monoisotopic (exact) mass is 283 g/mol. The van der Waals surface area contributed by atoms with E-state index >= 15 is 0 Å². The molecule has 0 saturated heterocycles. The summed E-state index contributed by atoms with van der Waals surface area (Å²) in [7, 11) is -4.34. The Balaban J connectivity index is 2.94. The van der Waals surface area contributed by atoms with Gasteiger partial charge < -0.3 is 0 Å². The van der Waals surface area contributed by atoms with Crippen molar-refractivity contribution in [3.63, 3.8) is 0 Å². The summed E-state index contributed by atoms with van der Waals surface area (Å²) in [6.07, 6.45) is 0. The summed E-state index contributed by atoms with van der Waals surface area (Å²) < 4.78 is 31.7. The van der Waals surface area contributed by atoms with Crippen LogP contribution in [-0.4, -0.2) is 18.0 Å². The molecule has 0 fully saturated rings. The number of benzene rings is 1. The number of hydrogen-bond acceptors (Lipinski definition) is 4. The van der Waals surface area contributed by atoms with E-state index < -0.39 is 10.1 Å². The highest BCUT2D eigenvalue weighted by molar-refractivity contribution is 7.86. The maximum absolute atomic E-state index is 11.0. The zero-order chi connectivity index (χ0) is 11.2. The van der Waals surface area contributed by atoms with E-state index in [0.29, 0.717) is 4.70 Å². The van der Waals surface area contributed by atoms with E-state index in [-0.39, 0.29) is 19.9 Å². The van der Waals surface area contributed by atoms with Gasteiger partial charge in [0.25, 0.3) is 10.1 Å². The van der Waals surface area contributed by atoms with Crippen LogP contribution in [-0.2, 0) is 10.1 Å². The van der Waals surface area contributed by atoms with Gasteiger partial charge >= 0.3 is 0 Å². The Morgan fingerprint density at radius 1 is 1.33 bits per heavy atom. The number of aromatic nitrogens is 1. The molecule has 1 aromatic heterocycles. The van der Waals surface area contributed by atoms with Gasteiger partial charge in [0.05, 0.1) is 4.70 Å². The molecule has 0 radical (unpaired) electrons. The van der Waals surface area contributed by atoms with Gasteiger partial charge in [-0.15, -0.1) is 11.3 Å². The first-order chi connectivity index (χ1) is 6.88. The molecule has 2 aromatic rings. The highest BCUT2D eigenvalue weighted by atomic mass is 35.5. The van der Waals surface area contributed by atoms with Crippen molar-refractivity contribution >= 4 is 54.9 Å². The van der Waals surface area contributed by atoms with E-state index in [4.69, 9.17) is 27.8 Å². The number of rotatable bonds is 1. The predicted octanol–water partition coefficient (Wildman–Crippen LogP) is 2.85.